The molecule has 4 nitrogen and oxygen atoms in total. The van der Waals surface area contributed by atoms with Gasteiger partial charge in [0, 0.05) is 24.0 Å². The van der Waals surface area contributed by atoms with E-state index in [-0.39, 0.29) is 24.2 Å². The fourth-order valence-corrected chi connectivity index (χ4v) is 3.67. The molecule has 0 bridgehead atoms. The Labute approximate surface area is 158 Å². The normalized spacial score (nSPS) is 16.7. The second-order valence-electron chi connectivity index (χ2n) is 7.21. The summed E-state index contributed by atoms with van der Waals surface area (Å²) in [6, 6.07) is 19.9. The summed E-state index contributed by atoms with van der Waals surface area (Å²) in [7, 11) is 0. The second kappa shape index (κ2) is 6.88. The van der Waals surface area contributed by atoms with Crippen molar-refractivity contribution in [2.24, 2.45) is 5.92 Å². The first-order valence-corrected chi connectivity index (χ1v) is 9.19. The summed E-state index contributed by atoms with van der Waals surface area (Å²) in [5.41, 5.74) is 3.80. The van der Waals surface area contributed by atoms with Crippen LogP contribution in [0.1, 0.15) is 17.5 Å². The van der Waals surface area contributed by atoms with Crippen LogP contribution in [0.2, 0.25) is 0 Å². The third-order valence-corrected chi connectivity index (χ3v) is 5.20. The lowest BCUT2D eigenvalue weighted by Gasteiger charge is -2.19. The van der Waals surface area contributed by atoms with Crippen molar-refractivity contribution >= 4 is 34.0 Å². The summed E-state index contributed by atoms with van der Waals surface area (Å²) < 4.78 is 0. The number of hydrogen-bond donors (Lipinski definition) is 1. The Bertz CT molecular complexity index is 1040. The number of amides is 2. The minimum absolute atomic E-state index is 0.00697. The molecule has 1 fully saturated rings. The van der Waals surface area contributed by atoms with Gasteiger partial charge in [-0.15, -0.1) is 0 Å². The van der Waals surface area contributed by atoms with Gasteiger partial charge in [0.1, 0.15) is 0 Å². The molecule has 3 aromatic carbocycles. The molecule has 1 aliphatic rings. The Morgan fingerprint density at radius 2 is 1.81 bits per heavy atom. The summed E-state index contributed by atoms with van der Waals surface area (Å²) in [5, 5.41) is 5.13. The third-order valence-electron chi connectivity index (χ3n) is 5.20. The summed E-state index contributed by atoms with van der Waals surface area (Å²) in [4.78, 5) is 27.2. The smallest absolute Gasteiger partial charge is 0.229 e. The van der Waals surface area contributed by atoms with Crippen molar-refractivity contribution < 1.29 is 9.59 Å². The highest BCUT2D eigenvalue weighted by molar-refractivity contribution is 6.08. The molecule has 0 aromatic heterocycles. The largest absolute Gasteiger partial charge is 0.326 e. The number of benzene rings is 3. The predicted molar refractivity (Wildman–Crippen MR) is 109 cm³/mol. The molecule has 0 aliphatic carbocycles. The van der Waals surface area contributed by atoms with E-state index in [1.807, 2.05) is 74.5 Å². The van der Waals surface area contributed by atoms with E-state index in [0.717, 1.165) is 33.3 Å². The number of hydrogen-bond acceptors (Lipinski definition) is 2. The van der Waals surface area contributed by atoms with Gasteiger partial charge >= 0.3 is 0 Å². The summed E-state index contributed by atoms with van der Waals surface area (Å²) >= 11 is 0. The van der Waals surface area contributed by atoms with Crippen LogP contribution in [0, 0.1) is 19.8 Å². The Kier molecular flexibility index (Phi) is 4.40. The van der Waals surface area contributed by atoms with Gasteiger partial charge in [0.15, 0.2) is 0 Å². The van der Waals surface area contributed by atoms with E-state index in [2.05, 4.69) is 5.32 Å². The van der Waals surface area contributed by atoms with E-state index in [9.17, 15) is 9.59 Å². The van der Waals surface area contributed by atoms with Gasteiger partial charge in [-0.1, -0.05) is 48.5 Å². The van der Waals surface area contributed by atoms with Gasteiger partial charge in [0.25, 0.3) is 0 Å². The zero-order valence-corrected chi connectivity index (χ0v) is 15.5. The molecule has 1 aliphatic heterocycles. The maximum atomic E-state index is 12.8. The first-order valence-electron chi connectivity index (χ1n) is 9.19. The topological polar surface area (TPSA) is 49.4 Å². The second-order valence-corrected chi connectivity index (χ2v) is 7.21. The molecular weight excluding hydrogens is 336 g/mol. The highest BCUT2D eigenvalue weighted by Gasteiger charge is 2.35. The first-order chi connectivity index (χ1) is 13.0. The molecule has 1 atom stereocenters. The Morgan fingerprint density at radius 3 is 2.67 bits per heavy atom. The van der Waals surface area contributed by atoms with Gasteiger partial charge < -0.3 is 10.2 Å². The minimum atomic E-state index is -0.351. The molecular formula is C23H22N2O2. The van der Waals surface area contributed by atoms with E-state index in [1.165, 1.54) is 0 Å². The molecule has 3 aromatic rings. The number of nitrogens with zero attached hydrogens (tertiary/aromatic N) is 1. The van der Waals surface area contributed by atoms with Crippen molar-refractivity contribution in [1.29, 1.82) is 0 Å². The highest BCUT2D eigenvalue weighted by atomic mass is 16.2. The number of carbonyl (C=O) groups is 2. The SMILES string of the molecule is Cc1ccc(C)c(NC(=O)C2CC(=O)N(c3cccc4ccccc34)C2)c1. The van der Waals surface area contributed by atoms with Gasteiger partial charge in [-0.3, -0.25) is 9.59 Å². The molecule has 4 rings (SSSR count). The zero-order valence-electron chi connectivity index (χ0n) is 15.5. The predicted octanol–water partition coefficient (Wildman–Crippen LogP) is 4.45. The van der Waals surface area contributed by atoms with Gasteiger partial charge in [-0.25, -0.2) is 0 Å². The summed E-state index contributed by atoms with van der Waals surface area (Å²) in [6.45, 7) is 4.37. The highest BCUT2D eigenvalue weighted by Crippen LogP contribution is 2.32. The Morgan fingerprint density at radius 1 is 1.04 bits per heavy atom. The monoisotopic (exact) mass is 358 g/mol. The Hall–Kier alpha value is -3.14. The molecule has 1 N–H and O–H groups in total. The van der Waals surface area contributed by atoms with Gasteiger partial charge in [-0.05, 0) is 42.5 Å². The van der Waals surface area contributed by atoms with Gasteiger partial charge in [-0.2, -0.15) is 0 Å². The standard InChI is InChI=1S/C23H22N2O2/c1-15-10-11-16(2)20(12-15)24-23(27)18-13-22(26)25(14-18)21-9-5-7-17-6-3-4-8-19(17)21/h3-12,18H,13-14H2,1-2H3,(H,24,27). The van der Waals surface area contributed by atoms with E-state index in [0.29, 0.717) is 6.54 Å². The molecule has 1 unspecified atom stereocenters. The van der Waals surface area contributed by atoms with Gasteiger partial charge in [0.05, 0.1) is 11.6 Å². The van der Waals surface area contributed by atoms with Crippen LogP contribution in [0.5, 0.6) is 0 Å². The molecule has 2 amide bonds. The lowest BCUT2D eigenvalue weighted by atomic mass is 10.1. The quantitative estimate of drug-likeness (QED) is 0.752. The lowest BCUT2D eigenvalue weighted by Crippen LogP contribution is -2.28. The van der Waals surface area contributed by atoms with Crippen LogP contribution < -0.4 is 10.2 Å². The molecule has 4 heteroatoms. The van der Waals surface area contributed by atoms with Crippen LogP contribution >= 0.6 is 0 Å². The van der Waals surface area contributed by atoms with Crippen molar-refractivity contribution in [2.45, 2.75) is 20.3 Å². The number of anilines is 2. The van der Waals surface area contributed by atoms with Crippen molar-refractivity contribution in [3.05, 3.63) is 71.8 Å². The van der Waals surface area contributed by atoms with Gasteiger partial charge in [0.2, 0.25) is 11.8 Å². The minimum Gasteiger partial charge on any atom is -0.326 e. The Balaban J connectivity index is 1.57. The maximum absolute atomic E-state index is 12.8. The van der Waals surface area contributed by atoms with Crippen LogP contribution in [0.15, 0.2) is 60.7 Å². The molecule has 1 heterocycles. The number of aryl methyl sites for hydroxylation is 2. The van der Waals surface area contributed by atoms with Crippen LogP contribution in [0.3, 0.4) is 0 Å². The lowest BCUT2D eigenvalue weighted by molar-refractivity contribution is -0.122. The van der Waals surface area contributed by atoms with E-state index < -0.39 is 0 Å². The van der Waals surface area contributed by atoms with Crippen LogP contribution in [-0.2, 0) is 9.59 Å². The summed E-state index contributed by atoms with van der Waals surface area (Å²) in [5.74, 6) is -0.455. The van der Waals surface area contributed by atoms with E-state index in [4.69, 9.17) is 0 Å². The first kappa shape index (κ1) is 17.3. The zero-order chi connectivity index (χ0) is 19.0. The molecule has 0 spiro atoms. The van der Waals surface area contributed by atoms with Crippen molar-refractivity contribution in [2.75, 3.05) is 16.8 Å². The third kappa shape index (κ3) is 3.31. The molecule has 0 saturated carbocycles. The van der Waals surface area contributed by atoms with Crippen molar-refractivity contribution in [3.8, 4) is 0 Å². The van der Waals surface area contributed by atoms with Crippen LogP contribution in [-0.4, -0.2) is 18.4 Å². The van der Waals surface area contributed by atoms with Crippen molar-refractivity contribution in [1.82, 2.24) is 0 Å². The average Bonchev–Trinajstić information content (AvgIpc) is 3.06. The van der Waals surface area contributed by atoms with Crippen molar-refractivity contribution in [3.63, 3.8) is 0 Å². The number of nitrogens with one attached hydrogen (secondary N) is 1. The maximum Gasteiger partial charge on any atom is 0.229 e. The molecule has 0 radical (unpaired) electrons. The van der Waals surface area contributed by atoms with E-state index in [1.54, 1.807) is 4.90 Å². The fourth-order valence-electron chi connectivity index (χ4n) is 3.67. The number of rotatable bonds is 3. The fraction of sp³-hybridized carbons (Fsp3) is 0.217. The number of fused-ring (bicyclic) bond motifs is 1. The molecule has 27 heavy (non-hydrogen) atoms. The van der Waals surface area contributed by atoms with Crippen LogP contribution in [0.25, 0.3) is 10.8 Å². The van der Waals surface area contributed by atoms with Crippen LogP contribution in [0.4, 0.5) is 11.4 Å². The average molecular weight is 358 g/mol. The summed E-state index contributed by atoms with van der Waals surface area (Å²) in [6.07, 6.45) is 0.236. The number of carbonyl (C=O) groups excluding carboxylic acids is 2. The molecule has 1 saturated heterocycles. The molecule has 136 valence electrons. The van der Waals surface area contributed by atoms with E-state index >= 15 is 0 Å².